The number of carbonyl (C=O) groups is 1. The van der Waals surface area contributed by atoms with Crippen molar-refractivity contribution in [1.82, 2.24) is 29.8 Å². The number of pyridine rings is 1. The zero-order valence-electron chi connectivity index (χ0n) is 23.2. The predicted octanol–water partition coefficient (Wildman–Crippen LogP) is 5.67. The number of aliphatic hydroxyl groups is 1. The Bertz CT molecular complexity index is 1570. The molecule has 1 fully saturated rings. The quantitative estimate of drug-likeness (QED) is 0.316. The summed E-state index contributed by atoms with van der Waals surface area (Å²) in [4.78, 5) is 35.1. The molecule has 1 aliphatic heterocycles. The number of likely N-dealkylation sites (tertiary alicyclic amines) is 1. The van der Waals surface area contributed by atoms with Gasteiger partial charge in [-0.05, 0) is 75.8 Å². The van der Waals surface area contributed by atoms with Gasteiger partial charge in [0.05, 0.1) is 12.3 Å². The largest absolute Gasteiger partial charge is 0.444 e. The molecule has 1 saturated heterocycles. The van der Waals surface area contributed by atoms with E-state index in [1.54, 1.807) is 36.4 Å². The molecule has 1 aromatic carbocycles. The minimum atomic E-state index is -0.875. The highest BCUT2D eigenvalue weighted by atomic mass is 19.1. The molecule has 0 spiro atoms. The van der Waals surface area contributed by atoms with Gasteiger partial charge in [-0.3, -0.25) is 10.3 Å². The molecule has 0 saturated carbocycles. The highest BCUT2D eigenvalue weighted by Crippen LogP contribution is 2.32. The van der Waals surface area contributed by atoms with Crippen molar-refractivity contribution in [2.45, 2.75) is 58.2 Å². The molecule has 214 valence electrons. The minimum Gasteiger partial charge on any atom is -0.444 e. The average molecular weight is 564 g/mol. The Morgan fingerprint density at radius 1 is 1.05 bits per heavy atom. The van der Waals surface area contributed by atoms with Gasteiger partial charge in [-0.25, -0.2) is 33.5 Å². The van der Waals surface area contributed by atoms with Crippen LogP contribution in [0.15, 0.2) is 43.0 Å². The first-order chi connectivity index (χ1) is 19.5. The van der Waals surface area contributed by atoms with Gasteiger partial charge >= 0.3 is 6.09 Å². The highest BCUT2D eigenvalue weighted by molar-refractivity contribution is 5.87. The first-order valence-corrected chi connectivity index (χ1v) is 13.3. The number of hydrogen-bond donors (Lipinski definition) is 2. The molecule has 4 heterocycles. The molecular formula is C29H31F2N7O3. The van der Waals surface area contributed by atoms with Crippen molar-refractivity contribution in [3.05, 3.63) is 65.7 Å². The van der Waals surface area contributed by atoms with Gasteiger partial charge in [-0.2, -0.15) is 0 Å². The standard InChI is InChI=1S/C29H31F2N7O3/c1-16(39)20-5-8-32-25-21(20)11-18(12-22(25)30)24-23(31)15-35-27(36-24)37-26-33-13-19(14-34-26)17-6-9-38(10-7-17)28(40)41-29(2,3)4/h5,8,11-17,39H,6-7,9-10H2,1-4H3,(H,33,34,35,36,37). The number of aliphatic hydroxyl groups excluding tert-OH is 1. The molecule has 0 bridgehead atoms. The summed E-state index contributed by atoms with van der Waals surface area (Å²) in [6, 6.07) is 4.28. The maximum atomic E-state index is 14.9. The maximum absolute atomic E-state index is 14.9. The Morgan fingerprint density at radius 2 is 1.73 bits per heavy atom. The zero-order chi connectivity index (χ0) is 29.3. The van der Waals surface area contributed by atoms with Crippen molar-refractivity contribution in [3.8, 4) is 11.3 Å². The van der Waals surface area contributed by atoms with Crippen molar-refractivity contribution in [3.63, 3.8) is 0 Å². The summed E-state index contributed by atoms with van der Waals surface area (Å²) in [6.07, 6.45) is 6.14. The van der Waals surface area contributed by atoms with Gasteiger partial charge < -0.3 is 14.7 Å². The van der Waals surface area contributed by atoms with Crippen molar-refractivity contribution in [1.29, 1.82) is 0 Å². The molecule has 12 heteroatoms. The normalized spacial score (nSPS) is 15.1. The Kier molecular flexibility index (Phi) is 7.76. The number of piperidine rings is 1. The first-order valence-electron chi connectivity index (χ1n) is 13.3. The molecular weight excluding hydrogens is 532 g/mol. The molecule has 4 aromatic rings. The fourth-order valence-electron chi connectivity index (χ4n) is 4.80. The molecule has 0 aliphatic carbocycles. The van der Waals surface area contributed by atoms with E-state index in [2.05, 4.69) is 30.2 Å². The lowest BCUT2D eigenvalue weighted by Gasteiger charge is -2.33. The summed E-state index contributed by atoms with van der Waals surface area (Å²) in [5.41, 5.74) is 0.981. The summed E-state index contributed by atoms with van der Waals surface area (Å²) in [6.45, 7) is 8.25. The number of ether oxygens (including phenoxy) is 1. The van der Waals surface area contributed by atoms with Crippen LogP contribution in [0.4, 0.5) is 25.5 Å². The highest BCUT2D eigenvalue weighted by Gasteiger charge is 2.28. The molecule has 0 radical (unpaired) electrons. The number of benzene rings is 1. The summed E-state index contributed by atoms with van der Waals surface area (Å²) < 4.78 is 35.2. The van der Waals surface area contributed by atoms with Crippen molar-refractivity contribution >= 4 is 28.9 Å². The van der Waals surface area contributed by atoms with Crippen molar-refractivity contribution in [2.75, 3.05) is 18.4 Å². The molecule has 41 heavy (non-hydrogen) atoms. The number of fused-ring (bicyclic) bond motifs is 1. The maximum Gasteiger partial charge on any atom is 0.410 e. The number of anilines is 2. The van der Waals surface area contributed by atoms with E-state index < -0.39 is 23.3 Å². The number of aromatic nitrogens is 5. The second-order valence-electron chi connectivity index (χ2n) is 11.0. The Labute approximate surface area is 235 Å². The van der Waals surface area contributed by atoms with E-state index in [0.29, 0.717) is 24.0 Å². The van der Waals surface area contributed by atoms with E-state index >= 15 is 0 Å². The van der Waals surface area contributed by atoms with Crippen molar-refractivity contribution in [2.24, 2.45) is 0 Å². The lowest BCUT2D eigenvalue weighted by molar-refractivity contribution is 0.0204. The van der Waals surface area contributed by atoms with Gasteiger partial charge in [0.1, 0.15) is 22.6 Å². The SMILES string of the molecule is CC(O)c1ccnc2c(F)cc(-c3nc(Nc4ncc(C5CCN(C(=O)OC(C)(C)C)CC5)cn4)ncc3F)cc12. The summed E-state index contributed by atoms with van der Waals surface area (Å²) in [5.74, 6) is -0.973. The van der Waals surface area contributed by atoms with Crippen LogP contribution in [0.3, 0.4) is 0 Å². The number of nitrogens with one attached hydrogen (secondary N) is 1. The molecule has 1 unspecified atom stereocenters. The van der Waals surface area contributed by atoms with E-state index in [4.69, 9.17) is 4.74 Å². The van der Waals surface area contributed by atoms with Gasteiger partial charge in [0.2, 0.25) is 11.9 Å². The molecule has 1 aliphatic rings. The van der Waals surface area contributed by atoms with Crippen LogP contribution in [0.25, 0.3) is 22.2 Å². The van der Waals surface area contributed by atoms with E-state index in [9.17, 15) is 18.7 Å². The van der Waals surface area contributed by atoms with Gasteiger partial charge in [-0.15, -0.1) is 0 Å². The predicted molar refractivity (Wildman–Crippen MR) is 148 cm³/mol. The molecule has 3 aromatic heterocycles. The summed E-state index contributed by atoms with van der Waals surface area (Å²) in [7, 11) is 0. The zero-order valence-corrected chi connectivity index (χ0v) is 23.2. The lowest BCUT2D eigenvalue weighted by Crippen LogP contribution is -2.41. The van der Waals surface area contributed by atoms with Crippen LogP contribution in [0.1, 0.15) is 63.7 Å². The van der Waals surface area contributed by atoms with Crippen LogP contribution in [0.2, 0.25) is 0 Å². The number of hydrogen-bond acceptors (Lipinski definition) is 9. The molecule has 2 N–H and O–H groups in total. The topological polar surface area (TPSA) is 126 Å². The van der Waals surface area contributed by atoms with E-state index in [1.807, 2.05) is 20.8 Å². The van der Waals surface area contributed by atoms with E-state index in [0.717, 1.165) is 30.7 Å². The van der Waals surface area contributed by atoms with Crippen LogP contribution >= 0.6 is 0 Å². The number of carbonyl (C=O) groups excluding carboxylic acids is 1. The number of halogens is 2. The first kappa shape index (κ1) is 28.2. The number of nitrogens with zero attached hydrogens (tertiary/aromatic N) is 6. The van der Waals surface area contributed by atoms with Crippen LogP contribution in [-0.2, 0) is 4.74 Å². The fraction of sp³-hybridized carbons (Fsp3) is 0.379. The third-order valence-electron chi connectivity index (χ3n) is 6.81. The summed E-state index contributed by atoms with van der Waals surface area (Å²) >= 11 is 0. The Morgan fingerprint density at radius 3 is 2.39 bits per heavy atom. The van der Waals surface area contributed by atoms with Crippen LogP contribution in [-0.4, -0.2) is 59.7 Å². The third kappa shape index (κ3) is 6.37. The second kappa shape index (κ2) is 11.3. The van der Waals surface area contributed by atoms with Gasteiger partial charge in [0.25, 0.3) is 0 Å². The second-order valence-corrected chi connectivity index (χ2v) is 11.0. The van der Waals surface area contributed by atoms with Crippen LogP contribution in [0, 0.1) is 11.6 Å². The Balaban J connectivity index is 1.30. The van der Waals surface area contributed by atoms with Gasteiger partial charge in [0, 0.05) is 42.6 Å². The third-order valence-corrected chi connectivity index (χ3v) is 6.81. The summed E-state index contributed by atoms with van der Waals surface area (Å²) in [5, 5.41) is 13.3. The monoisotopic (exact) mass is 563 g/mol. The Hall–Kier alpha value is -4.32. The number of amides is 1. The fourth-order valence-corrected chi connectivity index (χ4v) is 4.80. The van der Waals surface area contributed by atoms with Crippen LogP contribution < -0.4 is 5.32 Å². The van der Waals surface area contributed by atoms with E-state index in [-0.39, 0.29) is 40.7 Å². The van der Waals surface area contributed by atoms with Crippen molar-refractivity contribution < 1.29 is 23.4 Å². The lowest BCUT2D eigenvalue weighted by atomic mass is 9.91. The molecule has 1 atom stereocenters. The number of rotatable bonds is 5. The van der Waals surface area contributed by atoms with Crippen LogP contribution in [0.5, 0.6) is 0 Å². The average Bonchev–Trinajstić information content (AvgIpc) is 2.93. The van der Waals surface area contributed by atoms with Gasteiger partial charge in [0.15, 0.2) is 5.82 Å². The molecule has 10 nitrogen and oxygen atoms in total. The minimum absolute atomic E-state index is 0.0299. The van der Waals surface area contributed by atoms with E-state index in [1.165, 1.54) is 6.20 Å². The molecule has 5 rings (SSSR count). The van der Waals surface area contributed by atoms with Gasteiger partial charge in [-0.1, -0.05) is 0 Å². The smallest absolute Gasteiger partial charge is 0.410 e. The molecule has 1 amide bonds.